The van der Waals surface area contributed by atoms with Gasteiger partial charge in [0.15, 0.2) is 0 Å². The molecule has 3 heteroatoms. The number of nitrogens with two attached hydrogens (primary N) is 1. The molecule has 0 aliphatic rings. The Morgan fingerprint density at radius 1 is 1.24 bits per heavy atom. The van der Waals surface area contributed by atoms with Crippen LogP contribution >= 0.6 is 0 Å². The van der Waals surface area contributed by atoms with Crippen molar-refractivity contribution in [1.29, 1.82) is 0 Å². The summed E-state index contributed by atoms with van der Waals surface area (Å²) in [5.74, 6) is 5.93. The third-order valence-corrected chi connectivity index (χ3v) is 3.15. The van der Waals surface area contributed by atoms with Gasteiger partial charge in [-0.1, -0.05) is 38.1 Å². The average molecular weight is 234 g/mol. The first-order valence-corrected chi connectivity index (χ1v) is 5.90. The molecule has 1 rings (SSSR count). The first-order chi connectivity index (χ1) is 7.76. The van der Waals surface area contributed by atoms with Gasteiger partial charge in [-0.05, 0) is 30.9 Å². The van der Waals surface area contributed by atoms with E-state index in [1.54, 1.807) is 7.05 Å². The number of amides is 1. The number of likely N-dealkylation sites (N-methyl/N-ethyl adjacent to an activating group) is 1. The number of hydrazine groups is 1. The van der Waals surface area contributed by atoms with Crippen molar-refractivity contribution in [3.8, 4) is 0 Å². The van der Waals surface area contributed by atoms with Crippen LogP contribution in [0.15, 0.2) is 24.3 Å². The van der Waals surface area contributed by atoms with Crippen molar-refractivity contribution in [3.63, 3.8) is 0 Å². The van der Waals surface area contributed by atoms with Crippen molar-refractivity contribution in [3.05, 3.63) is 35.4 Å². The minimum atomic E-state index is -0.584. The van der Waals surface area contributed by atoms with E-state index in [0.717, 1.165) is 10.6 Å². The summed E-state index contributed by atoms with van der Waals surface area (Å²) in [6.07, 6.45) is 0. The molecule has 0 aliphatic heterocycles. The Hall–Kier alpha value is -1.35. The highest BCUT2D eigenvalue weighted by molar-refractivity contribution is 5.86. The number of rotatable bonds is 3. The van der Waals surface area contributed by atoms with Gasteiger partial charge in [0.05, 0.1) is 5.41 Å². The van der Waals surface area contributed by atoms with Crippen molar-refractivity contribution < 1.29 is 4.79 Å². The zero-order valence-corrected chi connectivity index (χ0v) is 11.3. The highest BCUT2D eigenvalue weighted by Gasteiger charge is 2.31. The maximum absolute atomic E-state index is 12.0. The molecule has 1 aromatic carbocycles. The number of nitrogens with zero attached hydrogens (tertiary/aromatic N) is 1. The van der Waals surface area contributed by atoms with Crippen LogP contribution < -0.4 is 5.84 Å². The first kappa shape index (κ1) is 13.7. The van der Waals surface area contributed by atoms with E-state index < -0.39 is 5.41 Å². The molecule has 1 aromatic rings. The summed E-state index contributed by atoms with van der Waals surface area (Å²) in [5, 5.41) is 1.15. The van der Waals surface area contributed by atoms with E-state index in [1.165, 1.54) is 5.56 Å². The lowest BCUT2D eigenvalue weighted by Gasteiger charge is -2.27. The van der Waals surface area contributed by atoms with Gasteiger partial charge in [-0.3, -0.25) is 9.80 Å². The zero-order chi connectivity index (χ0) is 13.2. The third-order valence-electron chi connectivity index (χ3n) is 3.15. The Bertz CT molecular complexity index is 391. The Morgan fingerprint density at radius 2 is 1.71 bits per heavy atom. The fourth-order valence-electron chi connectivity index (χ4n) is 1.85. The van der Waals surface area contributed by atoms with Crippen molar-refractivity contribution in [2.24, 2.45) is 5.84 Å². The van der Waals surface area contributed by atoms with Gasteiger partial charge in [-0.25, -0.2) is 5.84 Å². The number of benzene rings is 1. The first-order valence-electron chi connectivity index (χ1n) is 5.90. The van der Waals surface area contributed by atoms with Crippen LogP contribution in [0.5, 0.6) is 0 Å². The quantitative estimate of drug-likeness (QED) is 0.496. The molecule has 0 saturated heterocycles. The molecule has 3 nitrogen and oxygen atoms in total. The summed E-state index contributed by atoms with van der Waals surface area (Å²) in [5.41, 5.74) is 1.68. The monoisotopic (exact) mass is 234 g/mol. The van der Waals surface area contributed by atoms with Crippen LogP contribution in [0.2, 0.25) is 0 Å². The Morgan fingerprint density at radius 3 is 2.06 bits per heavy atom. The van der Waals surface area contributed by atoms with Crippen LogP contribution in [-0.2, 0) is 10.2 Å². The minimum absolute atomic E-state index is 0.0882. The normalized spacial score (nSPS) is 11.7. The van der Waals surface area contributed by atoms with Crippen LogP contribution in [0.1, 0.15) is 44.7 Å². The lowest BCUT2D eigenvalue weighted by Crippen LogP contribution is -2.44. The smallest absolute Gasteiger partial charge is 0.246 e. The summed E-state index contributed by atoms with van der Waals surface area (Å²) in [4.78, 5) is 12.0. The van der Waals surface area contributed by atoms with Gasteiger partial charge in [0.2, 0.25) is 5.91 Å². The zero-order valence-electron chi connectivity index (χ0n) is 11.3. The van der Waals surface area contributed by atoms with Gasteiger partial charge in [0.1, 0.15) is 0 Å². The second kappa shape index (κ2) is 4.88. The van der Waals surface area contributed by atoms with Gasteiger partial charge < -0.3 is 0 Å². The topological polar surface area (TPSA) is 46.3 Å². The molecule has 0 fully saturated rings. The van der Waals surface area contributed by atoms with Gasteiger partial charge in [0.25, 0.3) is 0 Å². The van der Waals surface area contributed by atoms with Crippen molar-refractivity contribution in [1.82, 2.24) is 5.01 Å². The molecule has 94 valence electrons. The molecule has 0 radical (unpaired) electrons. The maximum atomic E-state index is 12.0. The molecule has 0 unspecified atom stereocenters. The van der Waals surface area contributed by atoms with E-state index in [2.05, 4.69) is 26.0 Å². The van der Waals surface area contributed by atoms with Gasteiger partial charge in [-0.15, -0.1) is 0 Å². The molecule has 0 saturated carbocycles. The maximum Gasteiger partial charge on any atom is 0.246 e. The second-order valence-electron chi connectivity index (χ2n) is 5.32. The number of hydrogen-bond donors (Lipinski definition) is 1. The molecular weight excluding hydrogens is 212 g/mol. The van der Waals surface area contributed by atoms with E-state index in [1.807, 2.05) is 26.0 Å². The van der Waals surface area contributed by atoms with Crippen LogP contribution in [-0.4, -0.2) is 18.0 Å². The second-order valence-corrected chi connectivity index (χ2v) is 5.32. The number of carbonyl (C=O) groups is 1. The summed E-state index contributed by atoms with van der Waals surface area (Å²) < 4.78 is 0. The SMILES string of the molecule is CC(C)c1ccc(C(C)(C)C(=O)N(C)N)cc1. The standard InChI is InChI=1S/C14H22N2O/c1-10(2)11-6-8-12(9-7-11)14(3,4)13(17)16(5)15/h6-10H,15H2,1-5H3. The molecule has 2 N–H and O–H groups in total. The molecule has 0 aliphatic carbocycles. The predicted octanol–water partition coefficient (Wildman–Crippen LogP) is 2.42. The third kappa shape index (κ3) is 2.86. The average Bonchev–Trinajstić information content (AvgIpc) is 2.27. The molecule has 0 heterocycles. The van der Waals surface area contributed by atoms with Gasteiger partial charge in [0, 0.05) is 7.05 Å². The minimum Gasteiger partial charge on any atom is -0.283 e. The molecule has 0 bridgehead atoms. The molecule has 0 aromatic heterocycles. The molecular formula is C14H22N2O. The van der Waals surface area contributed by atoms with Crippen molar-refractivity contribution >= 4 is 5.91 Å². The molecule has 0 atom stereocenters. The van der Waals surface area contributed by atoms with Crippen LogP contribution in [0.25, 0.3) is 0 Å². The lowest BCUT2D eigenvalue weighted by atomic mass is 9.82. The van der Waals surface area contributed by atoms with Crippen LogP contribution in [0.4, 0.5) is 0 Å². The summed E-state index contributed by atoms with van der Waals surface area (Å²) in [6.45, 7) is 8.09. The Kier molecular flexibility index (Phi) is 3.94. The van der Waals surface area contributed by atoms with Gasteiger partial charge >= 0.3 is 0 Å². The van der Waals surface area contributed by atoms with E-state index in [-0.39, 0.29) is 5.91 Å². The number of hydrogen-bond acceptors (Lipinski definition) is 2. The lowest BCUT2D eigenvalue weighted by molar-refractivity contribution is -0.135. The Labute approximate surface area is 104 Å². The van der Waals surface area contributed by atoms with E-state index in [4.69, 9.17) is 5.84 Å². The largest absolute Gasteiger partial charge is 0.283 e. The summed E-state index contributed by atoms with van der Waals surface area (Å²) >= 11 is 0. The van der Waals surface area contributed by atoms with Gasteiger partial charge in [-0.2, -0.15) is 0 Å². The summed E-state index contributed by atoms with van der Waals surface area (Å²) in [7, 11) is 1.58. The highest BCUT2D eigenvalue weighted by atomic mass is 16.2. The molecule has 1 amide bonds. The van der Waals surface area contributed by atoms with E-state index in [9.17, 15) is 4.79 Å². The van der Waals surface area contributed by atoms with Crippen LogP contribution in [0, 0.1) is 0 Å². The fraction of sp³-hybridized carbons (Fsp3) is 0.500. The Balaban J connectivity index is 3.04. The van der Waals surface area contributed by atoms with E-state index in [0.29, 0.717) is 5.92 Å². The fourth-order valence-corrected chi connectivity index (χ4v) is 1.85. The van der Waals surface area contributed by atoms with Crippen LogP contribution in [0.3, 0.4) is 0 Å². The summed E-state index contributed by atoms with van der Waals surface area (Å²) in [6, 6.07) is 8.17. The van der Waals surface area contributed by atoms with E-state index >= 15 is 0 Å². The van der Waals surface area contributed by atoms with Crippen molar-refractivity contribution in [2.75, 3.05) is 7.05 Å². The number of carbonyl (C=O) groups excluding carboxylic acids is 1. The molecule has 0 spiro atoms. The predicted molar refractivity (Wildman–Crippen MR) is 70.5 cm³/mol. The highest BCUT2D eigenvalue weighted by Crippen LogP contribution is 2.26. The van der Waals surface area contributed by atoms with Crippen molar-refractivity contribution in [2.45, 2.75) is 39.0 Å². The molecule has 17 heavy (non-hydrogen) atoms.